The smallest absolute Gasteiger partial charge is 0.233 e. The summed E-state index contributed by atoms with van der Waals surface area (Å²) >= 11 is 1.27. The van der Waals surface area contributed by atoms with E-state index >= 15 is 0 Å². The molecule has 1 atom stereocenters. The molecule has 1 aromatic heterocycles. The van der Waals surface area contributed by atoms with Crippen LogP contribution in [0.5, 0.6) is 0 Å². The Labute approximate surface area is 182 Å². The number of tetrazole rings is 1. The number of nitrogens with zero attached hydrogens (tertiary/aromatic N) is 5. The zero-order chi connectivity index (χ0) is 21.7. The van der Waals surface area contributed by atoms with Gasteiger partial charge in [0.15, 0.2) is 9.84 Å². The van der Waals surface area contributed by atoms with Crippen LogP contribution in [0.3, 0.4) is 0 Å². The number of hydrogen-bond donors (Lipinski definition) is 0. The molecule has 0 radical (unpaired) electrons. The summed E-state index contributed by atoms with van der Waals surface area (Å²) in [6, 6.07) is 7.81. The lowest BCUT2D eigenvalue weighted by Crippen LogP contribution is -2.42. The fourth-order valence-electron chi connectivity index (χ4n) is 3.50. The van der Waals surface area contributed by atoms with E-state index in [-0.39, 0.29) is 29.2 Å². The number of unbranched alkanes of at least 4 members (excludes halogenated alkanes) is 1. The SMILES string of the molecule is CCCCN(C(=O)CSc1nnnn1-c1ccc(C(C)C)cc1)C1CCS(=O)(=O)C1. The van der Waals surface area contributed by atoms with Gasteiger partial charge < -0.3 is 4.90 Å². The Bertz CT molecular complexity index is 957. The number of benzene rings is 1. The molecule has 0 N–H and O–H groups in total. The minimum atomic E-state index is -3.05. The van der Waals surface area contributed by atoms with E-state index in [9.17, 15) is 13.2 Å². The lowest BCUT2D eigenvalue weighted by Gasteiger charge is -2.28. The summed E-state index contributed by atoms with van der Waals surface area (Å²) < 4.78 is 25.4. The normalized spacial score (nSPS) is 18.1. The van der Waals surface area contributed by atoms with Crippen LogP contribution in [-0.4, -0.2) is 69.3 Å². The highest BCUT2D eigenvalue weighted by atomic mass is 32.2. The van der Waals surface area contributed by atoms with Gasteiger partial charge in [0.2, 0.25) is 11.1 Å². The van der Waals surface area contributed by atoms with Crippen molar-refractivity contribution in [3.8, 4) is 5.69 Å². The van der Waals surface area contributed by atoms with Gasteiger partial charge in [-0.1, -0.05) is 51.1 Å². The van der Waals surface area contributed by atoms with Crippen molar-refractivity contribution in [3.05, 3.63) is 29.8 Å². The number of thioether (sulfide) groups is 1. The third-order valence-electron chi connectivity index (χ3n) is 5.29. The van der Waals surface area contributed by atoms with Crippen LogP contribution in [0.1, 0.15) is 51.5 Å². The van der Waals surface area contributed by atoms with Crippen molar-refractivity contribution >= 4 is 27.5 Å². The minimum Gasteiger partial charge on any atom is -0.338 e. The number of carbonyl (C=O) groups is 1. The highest BCUT2D eigenvalue weighted by molar-refractivity contribution is 7.99. The molecule has 8 nitrogen and oxygen atoms in total. The minimum absolute atomic E-state index is 0.0626. The number of sulfone groups is 1. The molecule has 0 saturated carbocycles. The maximum atomic E-state index is 12.9. The second kappa shape index (κ2) is 9.91. The maximum absolute atomic E-state index is 12.9. The fraction of sp³-hybridized carbons (Fsp3) is 0.600. The molecule has 0 aliphatic carbocycles. The summed E-state index contributed by atoms with van der Waals surface area (Å²) in [6.07, 6.45) is 2.32. The predicted octanol–water partition coefficient (Wildman–Crippen LogP) is 2.69. The number of aromatic nitrogens is 4. The Kier molecular flexibility index (Phi) is 7.51. The van der Waals surface area contributed by atoms with Crippen molar-refractivity contribution in [2.45, 2.75) is 57.1 Å². The lowest BCUT2D eigenvalue weighted by molar-refractivity contribution is -0.130. The third-order valence-corrected chi connectivity index (χ3v) is 7.95. The topological polar surface area (TPSA) is 98.1 Å². The van der Waals surface area contributed by atoms with Crippen molar-refractivity contribution < 1.29 is 13.2 Å². The first kappa shape index (κ1) is 22.7. The highest BCUT2D eigenvalue weighted by Gasteiger charge is 2.34. The van der Waals surface area contributed by atoms with Gasteiger partial charge in [-0.3, -0.25) is 4.79 Å². The third kappa shape index (κ3) is 5.60. The van der Waals surface area contributed by atoms with Gasteiger partial charge in [-0.25, -0.2) is 8.42 Å². The molecule has 10 heteroatoms. The van der Waals surface area contributed by atoms with Crippen LogP contribution in [-0.2, 0) is 14.6 Å². The molecule has 2 heterocycles. The summed E-state index contributed by atoms with van der Waals surface area (Å²) in [5, 5.41) is 12.4. The first-order chi connectivity index (χ1) is 14.3. The highest BCUT2D eigenvalue weighted by Crippen LogP contribution is 2.23. The average Bonchev–Trinajstić information content (AvgIpc) is 3.32. The van der Waals surface area contributed by atoms with E-state index in [0.29, 0.717) is 24.0 Å². The quantitative estimate of drug-likeness (QED) is 0.541. The van der Waals surface area contributed by atoms with Gasteiger partial charge in [0, 0.05) is 12.6 Å². The molecule has 1 amide bonds. The van der Waals surface area contributed by atoms with E-state index in [0.717, 1.165) is 18.5 Å². The van der Waals surface area contributed by atoms with Crippen LogP contribution in [0.4, 0.5) is 0 Å². The molecule has 0 bridgehead atoms. The lowest BCUT2D eigenvalue weighted by atomic mass is 10.0. The van der Waals surface area contributed by atoms with E-state index in [1.807, 2.05) is 24.3 Å². The first-order valence-electron chi connectivity index (χ1n) is 10.3. The number of hydrogen-bond acceptors (Lipinski definition) is 7. The zero-order valence-corrected chi connectivity index (χ0v) is 19.3. The Hall–Kier alpha value is -1.94. The Morgan fingerprint density at radius 1 is 1.30 bits per heavy atom. The molecule has 1 saturated heterocycles. The van der Waals surface area contributed by atoms with Gasteiger partial charge in [-0.05, 0) is 46.9 Å². The maximum Gasteiger partial charge on any atom is 0.233 e. The van der Waals surface area contributed by atoms with E-state index in [1.165, 1.54) is 17.3 Å². The van der Waals surface area contributed by atoms with Crippen molar-refractivity contribution in [1.29, 1.82) is 0 Å². The number of rotatable bonds is 9. The van der Waals surface area contributed by atoms with Gasteiger partial charge >= 0.3 is 0 Å². The van der Waals surface area contributed by atoms with Crippen LogP contribution in [0.25, 0.3) is 5.69 Å². The molecule has 3 rings (SSSR count). The van der Waals surface area contributed by atoms with Gasteiger partial charge in [-0.15, -0.1) is 5.10 Å². The molecule has 1 aliphatic rings. The van der Waals surface area contributed by atoms with Gasteiger partial charge in [0.1, 0.15) is 0 Å². The molecule has 1 aromatic carbocycles. The monoisotopic (exact) mass is 451 g/mol. The fourth-order valence-corrected chi connectivity index (χ4v) is 6.01. The predicted molar refractivity (Wildman–Crippen MR) is 118 cm³/mol. The van der Waals surface area contributed by atoms with Crippen LogP contribution in [0.15, 0.2) is 29.4 Å². The molecule has 2 aromatic rings. The Balaban J connectivity index is 1.68. The van der Waals surface area contributed by atoms with Crippen LogP contribution in [0, 0.1) is 0 Å². The van der Waals surface area contributed by atoms with Gasteiger partial charge in [0.05, 0.1) is 22.9 Å². The van der Waals surface area contributed by atoms with Crippen LogP contribution < -0.4 is 0 Å². The molecule has 1 fully saturated rings. The van der Waals surface area contributed by atoms with E-state index < -0.39 is 9.84 Å². The Morgan fingerprint density at radius 2 is 2.03 bits per heavy atom. The van der Waals surface area contributed by atoms with Crippen LogP contribution in [0.2, 0.25) is 0 Å². The summed E-state index contributed by atoms with van der Waals surface area (Å²) in [5.41, 5.74) is 2.07. The van der Waals surface area contributed by atoms with E-state index in [4.69, 9.17) is 0 Å². The molecular formula is C20H29N5O3S2. The molecule has 164 valence electrons. The zero-order valence-electron chi connectivity index (χ0n) is 17.7. The van der Waals surface area contributed by atoms with Gasteiger partial charge in [0.25, 0.3) is 0 Å². The molecule has 1 aliphatic heterocycles. The molecule has 0 spiro atoms. The van der Waals surface area contributed by atoms with E-state index in [2.05, 4.69) is 36.3 Å². The standard InChI is InChI=1S/C20H29N5O3S2/c1-4-5-11-24(18-10-12-30(27,28)14-18)19(26)13-29-20-21-22-23-25(20)17-8-6-16(7-9-17)15(2)3/h6-9,15,18H,4-5,10-14H2,1-3H3. The molecular weight excluding hydrogens is 422 g/mol. The molecule has 30 heavy (non-hydrogen) atoms. The summed E-state index contributed by atoms with van der Waals surface area (Å²) in [4.78, 5) is 14.7. The van der Waals surface area contributed by atoms with Crippen molar-refractivity contribution in [2.75, 3.05) is 23.8 Å². The largest absolute Gasteiger partial charge is 0.338 e. The number of amides is 1. The first-order valence-corrected chi connectivity index (χ1v) is 13.1. The number of carbonyl (C=O) groups excluding carboxylic acids is 1. The molecule has 1 unspecified atom stereocenters. The van der Waals surface area contributed by atoms with Crippen molar-refractivity contribution in [3.63, 3.8) is 0 Å². The Morgan fingerprint density at radius 3 is 2.63 bits per heavy atom. The summed E-state index contributed by atoms with van der Waals surface area (Å²) in [5.74, 6) is 0.761. The van der Waals surface area contributed by atoms with E-state index in [1.54, 1.807) is 9.58 Å². The summed E-state index contributed by atoms with van der Waals surface area (Å²) in [6.45, 7) is 6.91. The average molecular weight is 452 g/mol. The second-order valence-electron chi connectivity index (χ2n) is 7.91. The van der Waals surface area contributed by atoms with Crippen molar-refractivity contribution in [1.82, 2.24) is 25.1 Å². The van der Waals surface area contributed by atoms with Crippen molar-refractivity contribution in [2.24, 2.45) is 0 Å². The second-order valence-corrected chi connectivity index (χ2v) is 11.1. The summed E-state index contributed by atoms with van der Waals surface area (Å²) in [7, 11) is -3.05. The van der Waals surface area contributed by atoms with Crippen LogP contribution >= 0.6 is 11.8 Å². The van der Waals surface area contributed by atoms with Gasteiger partial charge in [-0.2, -0.15) is 4.68 Å².